The number of fused-ring (bicyclic) bond motifs is 2. The first-order valence-electron chi connectivity index (χ1n) is 9.88. The number of rotatable bonds is 3. The fourth-order valence-corrected chi connectivity index (χ4v) is 3.89. The average molecular weight is 424 g/mol. The molecule has 1 amide bonds. The second kappa shape index (κ2) is 7.50. The zero-order valence-electron chi connectivity index (χ0n) is 16.4. The van der Waals surface area contributed by atoms with Gasteiger partial charge in [0.05, 0.1) is 12.2 Å². The molecule has 3 heterocycles. The molecule has 0 bridgehead atoms. The number of halogens is 2. The molecule has 7 nitrogen and oxygen atoms in total. The first-order valence-corrected chi connectivity index (χ1v) is 9.88. The van der Waals surface area contributed by atoms with Crippen LogP contribution in [-0.2, 0) is 24.4 Å². The molecule has 0 spiro atoms. The van der Waals surface area contributed by atoms with E-state index in [0.29, 0.717) is 19.5 Å². The van der Waals surface area contributed by atoms with Crippen LogP contribution in [0.1, 0.15) is 12.2 Å². The molecule has 4 aromatic rings. The third-order valence-electron chi connectivity index (χ3n) is 5.45. The Morgan fingerprint density at radius 3 is 2.71 bits per heavy atom. The summed E-state index contributed by atoms with van der Waals surface area (Å²) in [6.07, 6.45) is 2.66. The molecule has 0 saturated carbocycles. The molecule has 0 atom stereocenters. The summed E-state index contributed by atoms with van der Waals surface area (Å²) in [5.74, 6) is -2.90. The van der Waals surface area contributed by atoms with Crippen molar-refractivity contribution in [3.05, 3.63) is 76.7 Å². The van der Waals surface area contributed by atoms with E-state index >= 15 is 0 Å². The average Bonchev–Trinajstić information content (AvgIpc) is 3.25. The Kier molecular flexibility index (Phi) is 4.65. The van der Waals surface area contributed by atoms with Crippen LogP contribution < -0.4 is 5.76 Å². The van der Waals surface area contributed by atoms with E-state index in [2.05, 4.69) is 4.98 Å². The van der Waals surface area contributed by atoms with E-state index < -0.39 is 29.8 Å². The maximum absolute atomic E-state index is 14.3. The molecule has 1 aliphatic heterocycles. The van der Waals surface area contributed by atoms with Gasteiger partial charge in [0.15, 0.2) is 17.2 Å². The Labute approximate surface area is 175 Å². The molecule has 2 aromatic heterocycles. The highest BCUT2D eigenvalue weighted by Crippen LogP contribution is 2.23. The van der Waals surface area contributed by atoms with Crippen LogP contribution in [0.2, 0.25) is 0 Å². The summed E-state index contributed by atoms with van der Waals surface area (Å²) in [4.78, 5) is 31.4. The van der Waals surface area contributed by atoms with Crippen molar-refractivity contribution in [2.75, 3.05) is 6.54 Å². The van der Waals surface area contributed by atoms with Crippen molar-refractivity contribution < 1.29 is 18.0 Å². The van der Waals surface area contributed by atoms with Gasteiger partial charge >= 0.3 is 5.76 Å². The molecule has 9 heteroatoms. The molecule has 0 saturated heterocycles. The third-order valence-corrected chi connectivity index (χ3v) is 5.45. The van der Waals surface area contributed by atoms with Crippen molar-refractivity contribution in [1.29, 1.82) is 0 Å². The van der Waals surface area contributed by atoms with Gasteiger partial charge < -0.3 is 13.9 Å². The smallest absolute Gasteiger partial charge is 0.408 e. The van der Waals surface area contributed by atoms with Gasteiger partial charge in [0.2, 0.25) is 5.91 Å². The van der Waals surface area contributed by atoms with Crippen molar-refractivity contribution in [2.45, 2.75) is 26.1 Å². The van der Waals surface area contributed by atoms with E-state index in [1.54, 1.807) is 4.90 Å². The van der Waals surface area contributed by atoms with Crippen molar-refractivity contribution >= 4 is 17.0 Å². The van der Waals surface area contributed by atoms with Crippen LogP contribution in [0.15, 0.2) is 57.9 Å². The van der Waals surface area contributed by atoms with E-state index in [4.69, 9.17) is 4.42 Å². The summed E-state index contributed by atoms with van der Waals surface area (Å²) in [7, 11) is 0. The molecular weight excluding hydrogens is 406 g/mol. The van der Waals surface area contributed by atoms with Crippen LogP contribution in [0, 0.1) is 11.6 Å². The Bertz CT molecular complexity index is 1340. The lowest BCUT2D eigenvalue weighted by Gasteiger charge is -2.19. The summed E-state index contributed by atoms with van der Waals surface area (Å²) >= 11 is 0. The van der Waals surface area contributed by atoms with Gasteiger partial charge in [-0.2, -0.15) is 0 Å². The topological polar surface area (TPSA) is 73.3 Å². The van der Waals surface area contributed by atoms with Gasteiger partial charge in [0, 0.05) is 24.8 Å². The summed E-state index contributed by atoms with van der Waals surface area (Å²) in [6, 6.07) is 11.8. The summed E-state index contributed by atoms with van der Waals surface area (Å²) in [5.41, 5.74) is 1.35. The van der Waals surface area contributed by atoms with E-state index in [0.717, 1.165) is 27.7 Å². The number of benzene rings is 2. The monoisotopic (exact) mass is 424 g/mol. The number of carbonyl (C=O) groups excluding carboxylic acids is 1. The van der Waals surface area contributed by atoms with Gasteiger partial charge in [-0.25, -0.2) is 18.6 Å². The van der Waals surface area contributed by atoms with Gasteiger partial charge in [-0.15, -0.1) is 0 Å². The number of aromatic nitrogens is 3. The first kappa shape index (κ1) is 19.2. The minimum Gasteiger partial charge on any atom is -0.408 e. The van der Waals surface area contributed by atoms with Gasteiger partial charge in [-0.05, 0) is 18.6 Å². The Morgan fingerprint density at radius 1 is 1.10 bits per heavy atom. The quantitative estimate of drug-likeness (QED) is 0.507. The van der Waals surface area contributed by atoms with Gasteiger partial charge in [0.25, 0.3) is 0 Å². The van der Waals surface area contributed by atoms with Crippen molar-refractivity contribution in [3.63, 3.8) is 0 Å². The Hall–Kier alpha value is -3.75. The fourth-order valence-electron chi connectivity index (χ4n) is 3.89. The van der Waals surface area contributed by atoms with E-state index in [1.165, 1.54) is 6.07 Å². The predicted octanol–water partition coefficient (Wildman–Crippen LogP) is 3.17. The van der Waals surface area contributed by atoms with Crippen LogP contribution >= 0.6 is 0 Å². The standard InChI is InChI=1S/C22H18F2N4O3/c23-15-7-8-17-21(20(15)24)28(22(30)31-17)13-19(29)27-10-4-9-26-11-16(25-18(26)12-27)14-5-2-1-3-6-14/h1-3,5-8,11H,4,9-10,12-13H2. The number of imidazole rings is 1. The Balaban J connectivity index is 1.42. The van der Waals surface area contributed by atoms with Crippen LogP contribution in [-0.4, -0.2) is 31.5 Å². The second-order valence-corrected chi connectivity index (χ2v) is 7.43. The summed E-state index contributed by atoms with van der Waals surface area (Å²) in [6.45, 7) is 0.975. The van der Waals surface area contributed by atoms with Gasteiger partial charge in [-0.1, -0.05) is 30.3 Å². The third kappa shape index (κ3) is 3.41. The van der Waals surface area contributed by atoms with E-state index in [-0.39, 0.29) is 17.6 Å². The molecule has 0 radical (unpaired) electrons. The fraction of sp³-hybridized carbons (Fsp3) is 0.227. The molecule has 158 valence electrons. The minimum atomic E-state index is -1.21. The zero-order valence-corrected chi connectivity index (χ0v) is 16.4. The maximum atomic E-state index is 14.3. The maximum Gasteiger partial charge on any atom is 0.420 e. The molecule has 31 heavy (non-hydrogen) atoms. The van der Waals surface area contributed by atoms with Crippen molar-refractivity contribution in [2.24, 2.45) is 0 Å². The first-order chi connectivity index (χ1) is 15.0. The SMILES string of the molecule is O=C(Cn1c(=O)oc2ccc(F)c(F)c21)N1CCCn2cc(-c3ccccc3)nc2C1. The van der Waals surface area contributed by atoms with Crippen molar-refractivity contribution in [1.82, 2.24) is 19.0 Å². The minimum absolute atomic E-state index is 0.101. The summed E-state index contributed by atoms with van der Waals surface area (Å²) in [5, 5.41) is 0. The van der Waals surface area contributed by atoms with Crippen LogP contribution in [0.3, 0.4) is 0 Å². The molecular formula is C22H18F2N4O3. The highest BCUT2D eigenvalue weighted by molar-refractivity contribution is 5.80. The van der Waals surface area contributed by atoms with Crippen LogP contribution in [0.25, 0.3) is 22.4 Å². The molecule has 5 rings (SSSR count). The Morgan fingerprint density at radius 2 is 1.90 bits per heavy atom. The molecule has 2 aromatic carbocycles. The number of carbonyl (C=O) groups is 1. The van der Waals surface area contributed by atoms with Gasteiger partial charge in [0.1, 0.15) is 17.9 Å². The van der Waals surface area contributed by atoms with Crippen molar-refractivity contribution in [3.8, 4) is 11.3 Å². The molecule has 0 unspecified atom stereocenters. The van der Waals surface area contributed by atoms with Crippen LogP contribution in [0.4, 0.5) is 8.78 Å². The number of aryl methyl sites for hydroxylation is 1. The van der Waals surface area contributed by atoms with Gasteiger partial charge in [-0.3, -0.25) is 9.36 Å². The normalized spacial score (nSPS) is 13.9. The number of hydrogen-bond acceptors (Lipinski definition) is 4. The molecule has 0 fully saturated rings. The van der Waals surface area contributed by atoms with Crippen LogP contribution in [0.5, 0.6) is 0 Å². The predicted molar refractivity (Wildman–Crippen MR) is 108 cm³/mol. The number of hydrogen-bond donors (Lipinski definition) is 0. The van der Waals surface area contributed by atoms with E-state index in [9.17, 15) is 18.4 Å². The molecule has 0 N–H and O–H groups in total. The van der Waals surface area contributed by atoms with E-state index in [1.807, 2.05) is 41.1 Å². The molecule has 1 aliphatic rings. The molecule has 0 aliphatic carbocycles. The highest BCUT2D eigenvalue weighted by Gasteiger charge is 2.24. The second-order valence-electron chi connectivity index (χ2n) is 7.43. The number of amides is 1. The summed E-state index contributed by atoms with van der Waals surface area (Å²) < 4.78 is 35.7. The number of oxazole rings is 1. The zero-order chi connectivity index (χ0) is 21.5. The lowest BCUT2D eigenvalue weighted by Crippen LogP contribution is -2.35. The lowest BCUT2D eigenvalue weighted by molar-refractivity contribution is -0.132. The highest BCUT2D eigenvalue weighted by atomic mass is 19.2. The lowest BCUT2D eigenvalue weighted by atomic mass is 10.2. The largest absolute Gasteiger partial charge is 0.420 e. The number of nitrogens with zero attached hydrogens (tertiary/aromatic N) is 4.